The summed E-state index contributed by atoms with van der Waals surface area (Å²) in [5.41, 5.74) is -1.03. The van der Waals surface area contributed by atoms with Gasteiger partial charge >= 0.3 is 0 Å². The van der Waals surface area contributed by atoms with Crippen LogP contribution in [-0.4, -0.2) is 87.2 Å². The molecule has 288 valence electrons. The molecule has 2 aliphatic heterocycles. The fraction of sp³-hybridized carbons (Fsp3) is 0.436. The number of rotatable bonds is 7. The van der Waals surface area contributed by atoms with Gasteiger partial charge in [-0.2, -0.15) is 5.10 Å². The van der Waals surface area contributed by atoms with Gasteiger partial charge in [0.25, 0.3) is 11.8 Å². The number of amides is 4. The Kier molecular flexibility index (Phi) is 9.55. The van der Waals surface area contributed by atoms with E-state index in [2.05, 4.69) is 25.4 Å². The molecule has 4 heterocycles. The zero-order valence-corrected chi connectivity index (χ0v) is 31.1. The molecule has 4 aromatic rings. The molecule has 0 unspecified atom stereocenters. The van der Waals surface area contributed by atoms with E-state index in [1.165, 1.54) is 15.6 Å². The average molecular weight is 772 g/mol. The molecule has 4 aliphatic rings. The quantitative estimate of drug-likeness (QED) is 0.187. The van der Waals surface area contributed by atoms with Crippen molar-refractivity contribution in [3.05, 3.63) is 78.4 Å². The first-order valence-corrected chi connectivity index (χ1v) is 20.3. The monoisotopic (exact) mass is 771 g/mol. The number of allylic oxidation sites excluding steroid dienone is 1. The van der Waals surface area contributed by atoms with Crippen molar-refractivity contribution in [3.8, 4) is 5.88 Å². The van der Waals surface area contributed by atoms with Gasteiger partial charge in [0.2, 0.25) is 27.7 Å². The molecule has 8 rings (SSSR count). The van der Waals surface area contributed by atoms with Crippen LogP contribution in [-0.2, 0) is 31.5 Å². The Morgan fingerprint density at radius 2 is 1.82 bits per heavy atom. The highest BCUT2D eigenvalue weighted by atomic mass is 32.2. The first-order valence-electron chi connectivity index (χ1n) is 18.7. The lowest BCUT2D eigenvalue weighted by Gasteiger charge is -2.29. The van der Waals surface area contributed by atoms with E-state index in [0.29, 0.717) is 53.8 Å². The fourth-order valence-corrected chi connectivity index (χ4v) is 9.16. The summed E-state index contributed by atoms with van der Waals surface area (Å²) in [6, 6.07) is 11.1. The van der Waals surface area contributed by atoms with E-state index >= 15 is 4.39 Å². The van der Waals surface area contributed by atoms with E-state index in [9.17, 15) is 27.6 Å². The summed E-state index contributed by atoms with van der Waals surface area (Å²) in [5, 5.41) is 10.7. The normalized spacial score (nSPS) is 26.6. The number of fused-ring (bicyclic) bond motifs is 5. The van der Waals surface area contributed by atoms with E-state index in [-0.39, 0.29) is 31.0 Å². The van der Waals surface area contributed by atoms with Crippen LogP contribution in [0.4, 0.5) is 4.39 Å². The lowest BCUT2D eigenvalue weighted by Crippen LogP contribution is -2.58. The van der Waals surface area contributed by atoms with Crippen molar-refractivity contribution in [2.24, 2.45) is 13.0 Å². The maximum absolute atomic E-state index is 15.0. The molecule has 3 fully saturated rings. The van der Waals surface area contributed by atoms with Crippen molar-refractivity contribution in [1.29, 1.82) is 0 Å². The number of carbonyl (C=O) groups excluding carboxylic acids is 4. The first kappa shape index (κ1) is 36.6. The number of benzene rings is 2. The van der Waals surface area contributed by atoms with Gasteiger partial charge in [-0.05, 0) is 68.2 Å². The van der Waals surface area contributed by atoms with Gasteiger partial charge in [0.05, 0.1) is 17.3 Å². The highest BCUT2D eigenvalue weighted by Crippen LogP contribution is 2.46. The second-order valence-corrected chi connectivity index (χ2v) is 17.0. The molecule has 4 amide bonds. The molecule has 2 aliphatic carbocycles. The van der Waals surface area contributed by atoms with Crippen molar-refractivity contribution in [1.82, 2.24) is 35.0 Å². The topological polar surface area (TPSA) is 182 Å². The third kappa shape index (κ3) is 7.26. The Morgan fingerprint density at radius 1 is 1.02 bits per heavy atom. The summed E-state index contributed by atoms with van der Waals surface area (Å²) in [7, 11) is -2.24. The van der Waals surface area contributed by atoms with Crippen molar-refractivity contribution in [2.45, 2.75) is 86.8 Å². The molecule has 16 heteroatoms. The van der Waals surface area contributed by atoms with Gasteiger partial charge < -0.3 is 20.3 Å². The fourth-order valence-electron chi connectivity index (χ4n) is 7.79. The Morgan fingerprint density at radius 3 is 2.58 bits per heavy atom. The Hall–Kier alpha value is -5.38. The third-order valence-electron chi connectivity index (χ3n) is 11.0. The van der Waals surface area contributed by atoms with Gasteiger partial charge in [-0.3, -0.25) is 28.6 Å². The molecule has 14 nitrogen and oxygen atoms in total. The standard InChI is InChI=1S/C39H42FN7O7S/c1-46-19-18-30(44-46)34(48)41-31-14-6-4-2-3-5-10-23-21-39(23,38(51)45-55(52,53)25-16-17-25)43-35(49)32-20-24(22-47(32)37(31)50)54-36-27-12-8-7-11-26(27)33-28(40)13-9-15-29(33)42-36/h5,7-13,15,18-19,23-25,31-32H,2-4,6,14,16-17,20-22H2,1H3,(H,41,48)(H,43,49)(H,45,51)/b10-5-/t23-,24-,31+,32+,39-/m1/s1. The van der Waals surface area contributed by atoms with Crippen LogP contribution >= 0.6 is 0 Å². The molecular formula is C39H42FN7O7S. The summed E-state index contributed by atoms with van der Waals surface area (Å²) in [6.07, 6.45) is 8.84. The van der Waals surface area contributed by atoms with Gasteiger partial charge in [-0.25, -0.2) is 17.8 Å². The van der Waals surface area contributed by atoms with E-state index in [1.807, 2.05) is 12.2 Å². The van der Waals surface area contributed by atoms with Crippen molar-refractivity contribution in [2.75, 3.05) is 6.54 Å². The summed E-state index contributed by atoms with van der Waals surface area (Å²) in [4.78, 5) is 62.1. The summed E-state index contributed by atoms with van der Waals surface area (Å²) >= 11 is 0. The van der Waals surface area contributed by atoms with Gasteiger partial charge in [0, 0.05) is 36.4 Å². The van der Waals surface area contributed by atoms with Crippen LogP contribution in [0, 0.1) is 11.7 Å². The number of nitrogens with one attached hydrogen (secondary N) is 3. The largest absolute Gasteiger partial charge is 0.472 e. The number of halogens is 1. The van der Waals surface area contributed by atoms with Gasteiger partial charge in [0.1, 0.15) is 35.2 Å². The summed E-state index contributed by atoms with van der Waals surface area (Å²) < 4.78 is 50.9. The molecular weight excluding hydrogens is 730 g/mol. The smallest absolute Gasteiger partial charge is 0.272 e. The second-order valence-electron chi connectivity index (χ2n) is 15.0. The van der Waals surface area contributed by atoms with Crippen LogP contribution < -0.4 is 20.1 Å². The number of hydrogen-bond donors (Lipinski definition) is 3. The zero-order chi connectivity index (χ0) is 38.5. The number of carbonyl (C=O) groups is 4. The molecule has 3 N–H and O–H groups in total. The van der Waals surface area contributed by atoms with Crippen molar-refractivity contribution >= 4 is 55.3 Å². The predicted molar refractivity (Wildman–Crippen MR) is 199 cm³/mol. The molecule has 2 aromatic heterocycles. The third-order valence-corrected chi connectivity index (χ3v) is 12.8. The summed E-state index contributed by atoms with van der Waals surface area (Å²) in [5.74, 6) is -3.20. The van der Waals surface area contributed by atoms with Gasteiger partial charge in [0.15, 0.2) is 0 Å². The van der Waals surface area contributed by atoms with Crippen LogP contribution in [0.3, 0.4) is 0 Å². The predicted octanol–water partition coefficient (Wildman–Crippen LogP) is 3.41. The molecule has 2 saturated carbocycles. The van der Waals surface area contributed by atoms with E-state index in [1.54, 1.807) is 55.7 Å². The SMILES string of the molecule is Cn1ccc(C(=O)N[C@H]2CCCCC/C=C\[C@@H]3C[C@@]3(C(=O)NS(=O)(=O)C3CC3)NC(=O)[C@@H]3C[C@@H](Oc4nc5cccc(F)c5c5ccccc45)CN3C2=O)n1. The molecule has 0 spiro atoms. The number of aromatic nitrogens is 3. The minimum Gasteiger partial charge on any atom is -0.472 e. The number of ether oxygens (including phenoxy) is 1. The van der Waals surface area contributed by atoms with Crippen LogP contribution in [0.1, 0.15) is 68.3 Å². The highest BCUT2D eigenvalue weighted by molar-refractivity contribution is 7.91. The number of hydrogen-bond acceptors (Lipinski definition) is 9. The Bertz CT molecular complexity index is 2340. The zero-order valence-electron chi connectivity index (χ0n) is 30.2. The summed E-state index contributed by atoms with van der Waals surface area (Å²) in [6.45, 7) is -0.0668. The Balaban J connectivity index is 1.13. The van der Waals surface area contributed by atoms with E-state index in [0.717, 1.165) is 12.8 Å². The van der Waals surface area contributed by atoms with Crippen molar-refractivity contribution in [3.63, 3.8) is 0 Å². The van der Waals surface area contributed by atoms with Gasteiger partial charge in [-0.1, -0.05) is 49.3 Å². The van der Waals surface area contributed by atoms with Crippen LogP contribution in [0.25, 0.3) is 21.7 Å². The molecule has 5 atom stereocenters. The Labute approximate surface area is 316 Å². The lowest BCUT2D eigenvalue weighted by molar-refractivity contribution is -0.141. The average Bonchev–Trinajstić information content (AvgIpc) is 4.05. The van der Waals surface area contributed by atoms with E-state index in [4.69, 9.17) is 4.74 Å². The highest BCUT2D eigenvalue weighted by Gasteiger charge is 2.62. The first-order chi connectivity index (χ1) is 26.4. The number of nitrogens with zero attached hydrogens (tertiary/aromatic N) is 4. The number of pyridine rings is 1. The molecule has 0 bridgehead atoms. The maximum atomic E-state index is 15.0. The molecule has 1 saturated heterocycles. The van der Waals surface area contributed by atoms with Gasteiger partial charge in [-0.15, -0.1) is 0 Å². The minimum absolute atomic E-state index is 0.00570. The van der Waals surface area contributed by atoms with Crippen molar-refractivity contribution < 1.29 is 36.7 Å². The maximum Gasteiger partial charge on any atom is 0.272 e. The van der Waals surface area contributed by atoms with E-state index < -0.39 is 74.4 Å². The second kappa shape index (κ2) is 14.4. The number of aryl methyl sites for hydroxylation is 1. The molecule has 2 aromatic carbocycles. The number of sulfonamides is 1. The lowest BCUT2D eigenvalue weighted by atomic mass is 10.0. The minimum atomic E-state index is -3.91. The van der Waals surface area contributed by atoms with Crippen LogP contribution in [0.15, 0.2) is 66.9 Å². The molecule has 55 heavy (non-hydrogen) atoms. The molecule has 0 radical (unpaired) electrons. The van der Waals surface area contributed by atoms with Crippen LogP contribution in [0.2, 0.25) is 0 Å². The van der Waals surface area contributed by atoms with Crippen LogP contribution in [0.5, 0.6) is 5.88 Å².